The summed E-state index contributed by atoms with van der Waals surface area (Å²) in [6, 6.07) is 22.1. The Hall–Kier alpha value is -1.97. The summed E-state index contributed by atoms with van der Waals surface area (Å²) >= 11 is 0. The lowest BCUT2D eigenvalue weighted by Crippen LogP contribution is -2.31. The molecule has 0 aromatic heterocycles. The molecule has 0 N–H and O–H groups in total. The Balaban J connectivity index is 1.33. The van der Waals surface area contributed by atoms with E-state index in [9.17, 15) is 4.79 Å². The summed E-state index contributed by atoms with van der Waals surface area (Å²) in [5, 5.41) is 0. The standard InChI is InChI=1S/C25H32N2O/c1-19(21-9-5-3-6-10-21)26-15-13-23(17-26)25(28)24-14-16-27(18-24)20(2)22-11-7-4-8-12-22/h3-12,19-20,23-24H,13-18H2,1-2H3/t19-,20-,23?,24?/m1/s1. The second-order valence-electron chi connectivity index (χ2n) is 8.54. The van der Waals surface area contributed by atoms with Crippen molar-refractivity contribution in [3.63, 3.8) is 0 Å². The minimum atomic E-state index is 0.211. The van der Waals surface area contributed by atoms with Gasteiger partial charge in [-0.05, 0) is 50.9 Å². The highest BCUT2D eigenvalue weighted by molar-refractivity contribution is 5.84. The van der Waals surface area contributed by atoms with Crippen molar-refractivity contribution in [3.05, 3.63) is 71.8 Å². The lowest BCUT2D eigenvalue weighted by Gasteiger charge is -2.26. The fourth-order valence-electron chi connectivity index (χ4n) is 4.96. The smallest absolute Gasteiger partial charge is 0.141 e. The van der Waals surface area contributed by atoms with Crippen molar-refractivity contribution in [2.45, 2.75) is 38.8 Å². The molecule has 0 bridgehead atoms. The zero-order valence-electron chi connectivity index (χ0n) is 17.1. The summed E-state index contributed by atoms with van der Waals surface area (Å²) in [6.07, 6.45) is 2.03. The van der Waals surface area contributed by atoms with Crippen molar-refractivity contribution in [3.8, 4) is 0 Å². The molecule has 2 saturated heterocycles. The van der Waals surface area contributed by atoms with Gasteiger partial charge in [-0.3, -0.25) is 14.6 Å². The molecule has 2 aliphatic rings. The number of hydrogen-bond acceptors (Lipinski definition) is 3. The molecule has 3 nitrogen and oxygen atoms in total. The van der Waals surface area contributed by atoms with E-state index in [0.29, 0.717) is 17.9 Å². The van der Waals surface area contributed by atoms with E-state index in [-0.39, 0.29) is 11.8 Å². The summed E-state index contributed by atoms with van der Waals surface area (Å²) < 4.78 is 0. The molecule has 28 heavy (non-hydrogen) atoms. The molecule has 0 saturated carbocycles. The van der Waals surface area contributed by atoms with E-state index >= 15 is 0 Å². The van der Waals surface area contributed by atoms with Crippen LogP contribution in [-0.2, 0) is 4.79 Å². The average Bonchev–Trinajstić information content (AvgIpc) is 3.44. The van der Waals surface area contributed by atoms with E-state index in [2.05, 4.69) is 84.3 Å². The fraction of sp³-hybridized carbons (Fsp3) is 0.480. The Labute approximate surface area is 169 Å². The molecule has 148 valence electrons. The first-order valence-electron chi connectivity index (χ1n) is 10.7. The highest BCUT2D eigenvalue weighted by Gasteiger charge is 2.38. The molecule has 2 unspecified atom stereocenters. The van der Waals surface area contributed by atoms with E-state index in [1.54, 1.807) is 0 Å². The van der Waals surface area contributed by atoms with Crippen LogP contribution in [0.3, 0.4) is 0 Å². The largest absolute Gasteiger partial charge is 0.299 e. The molecule has 2 aromatic carbocycles. The molecule has 2 aliphatic heterocycles. The normalized spacial score (nSPS) is 25.6. The number of hydrogen-bond donors (Lipinski definition) is 0. The Kier molecular flexibility index (Phi) is 5.93. The summed E-state index contributed by atoms with van der Waals surface area (Å²) in [6.45, 7) is 8.42. The molecule has 4 atom stereocenters. The third kappa shape index (κ3) is 4.06. The van der Waals surface area contributed by atoms with E-state index in [1.165, 1.54) is 11.1 Å². The summed E-state index contributed by atoms with van der Waals surface area (Å²) in [5.74, 6) is 0.928. The molecule has 2 aromatic rings. The first kappa shape index (κ1) is 19.4. The van der Waals surface area contributed by atoms with Crippen molar-refractivity contribution < 1.29 is 4.79 Å². The van der Waals surface area contributed by atoms with Gasteiger partial charge in [0.15, 0.2) is 0 Å². The molecule has 0 radical (unpaired) electrons. The molecular weight excluding hydrogens is 344 g/mol. The zero-order valence-corrected chi connectivity index (χ0v) is 17.1. The van der Waals surface area contributed by atoms with Gasteiger partial charge in [-0.2, -0.15) is 0 Å². The number of likely N-dealkylation sites (tertiary alicyclic amines) is 2. The number of rotatable bonds is 6. The predicted molar refractivity (Wildman–Crippen MR) is 114 cm³/mol. The third-order valence-corrected chi connectivity index (χ3v) is 6.90. The highest BCUT2D eigenvalue weighted by atomic mass is 16.1. The maximum absolute atomic E-state index is 13.2. The van der Waals surface area contributed by atoms with Crippen LogP contribution in [0.1, 0.15) is 49.9 Å². The van der Waals surface area contributed by atoms with Gasteiger partial charge in [0.2, 0.25) is 0 Å². The maximum Gasteiger partial charge on any atom is 0.141 e. The minimum absolute atomic E-state index is 0.211. The van der Waals surface area contributed by atoms with Crippen molar-refractivity contribution in [2.24, 2.45) is 11.8 Å². The topological polar surface area (TPSA) is 23.6 Å². The van der Waals surface area contributed by atoms with E-state index < -0.39 is 0 Å². The average molecular weight is 377 g/mol. The van der Waals surface area contributed by atoms with Crippen LogP contribution in [0.5, 0.6) is 0 Å². The lowest BCUT2D eigenvalue weighted by atomic mass is 9.91. The summed E-state index contributed by atoms with van der Waals surface area (Å²) in [4.78, 5) is 18.2. The van der Waals surface area contributed by atoms with Crippen LogP contribution in [0.4, 0.5) is 0 Å². The van der Waals surface area contributed by atoms with Gasteiger partial charge in [0, 0.05) is 37.0 Å². The molecule has 2 heterocycles. The quantitative estimate of drug-likeness (QED) is 0.729. The van der Waals surface area contributed by atoms with Gasteiger partial charge in [-0.25, -0.2) is 0 Å². The second kappa shape index (κ2) is 8.59. The van der Waals surface area contributed by atoms with Gasteiger partial charge in [-0.1, -0.05) is 60.7 Å². The Morgan fingerprint density at radius 2 is 1.14 bits per heavy atom. The SMILES string of the molecule is C[C@H](c1ccccc1)N1CCC(C(=O)C2CCN([C@H](C)c3ccccc3)C2)C1. The van der Waals surface area contributed by atoms with Crippen LogP contribution in [0.2, 0.25) is 0 Å². The van der Waals surface area contributed by atoms with Gasteiger partial charge in [0.25, 0.3) is 0 Å². The molecule has 0 aliphatic carbocycles. The monoisotopic (exact) mass is 376 g/mol. The first-order valence-corrected chi connectivity index (χ1v) is 10.7. The van der Waals surface area contributed by atoms with Crippen LogP contribution in [0, 0.1) is 11.8 Å². The van der Waals surface area contributed by atoms with Crippen LogP contribution in [-0.4, -0.2) is 41.8 Å². The molecule has 0 amide bonds. The van der Waals surface area contributed by atoms with Crippen LogP contribution >= 0.6 is 0 Å². The fourth-order valence-corrected chi connectivity index (χ4v) is 4.96. The number of benzene rings is 2. The molecule has 2 fully saturated rings. The summed E-state index contributed by atoms with van der Waals surface area (Å²) in [7, 11) is 0. The lowest BCUT2D eigenvalue weighted by molar-refractivity contribution is -0.126. The van der Waals surface area contributed by atoms with Gasteiger partial charge >= 0.3 is 0 Å². The van der Waals surface area contributed by atoms with Gasteiger partial charge in [-0.15, -0.1) is 0 Å². The molecule has 0 spiro atoms. The molecule has 3 heteroatoms. The predicted octanol–water partition coefficient (Wildman–Crippen LogP) is 4.72. The van der Waals surface area contributed by atoms with Crippen LogP contribution < -0.4 is 0 Å². The van der Waals surface area contributed by atoms with Crippen molar-refractivity contribution in [1.82, 2.24) is 9.80 Å². The third-order valence-electron chi connectivity index (χ3n) is 6.90. The Morgan fingerprint density at radius 1 is 0.750 bits per heavy atom. The summed E-state index contributed by atoms with van der Waals surface area (Å²) in [5.41, 5.74) is 2.69. The van der Waals surface area contributed by atoms with Crippen molar-refractivity contribution in [1.29, 1.82) is 0 Å². The number of ketones is 1. The minimum Gasteiger partial charge on any atom is -0.299 e. The van der Waals surface area contributed by atoms with E-state index in [0.717, 1.165) is 39.0 Å². The van der Waals surface area contributed by atoms with E-state index in [1.807, 2.05) is 0 Å². The molecule has 4 rings (SSSR count). The maximum atomic E-state index is 13.2. The Morgan fingerprint density at radius 3 is 1.54 bits per heavy atom. The van der Waals surface area contributed by atoms with Crippen molar-refractivity contribution >= 4 is 5.78 Å². The Bertz CT molecular complexity index is 710. The highest BCUT2D eigenvalue weighted by Crippen LogP contribution is 2.33. The number of carbonyl (C=O) groups excluding carboxylic acids is 1. The van der Waals surface area contributed by atoms with Gasteiger partial charge in [0.1, 0.15) is 5.78 Å². The second-order valence-corrected chi connectivity index (χ2v) is 8.54. The van der Waals surface area contributed by atoms with Crippen LogP contribution in [0.15, 0.2) is 60.7 Å². The van der Waals surface area contributed by atoms with E-state index in [4.69, 9.17) is 0 Å². The molecular formula is C25H32N2O. The number of carbonyl (C=O) groups is 1. The first-order chi connectivity index (χ1) is 13.6. The van der Waals surface area contributed by atoms with Crippen molar-refractivity contribution in [2.75, 3.05) is 26.2 Å². The zero-order chi connectivity index (χ0) is 19.5. The van der Waals surface area contributed by atoms with Crippen LogP contribution in [0.25, 0.3) is 0 Å². The van der Waals surface area contributed by atoms with Gasteiger partial charge in [0.05, 0.1) is 0 Å². The number of nitrogens with zero attached hydrogens (tertiary/aromatic N) is 2. The van der Waals surface area contributed by atoms with Gasteiger partial charge < -0.3 is 0 Å². The number of Topliss-reactive ketones (excluding diaryl/α,β-unsaturated/α-hetero) is 1.